The molecule has 0 unspecified atom stereocenters. The molecule has 0 saturated heterocycles. The molecule has 3 N–H and O–H groups in total. The van der Waals surface area contributed by atoms with E-state index in [1.807, 2.05) is 0 Å². The van der Waals surface area contributed by atoms with Gasteiger partial charge in [0.2, 0.25) is 0 Å². The van der Waals surface area contributed by atoms with Crippen LogP contribution in [0.2, 0.25) is 0 Å². The van der Waals surface area contributed by atoms with E-state index in [1.165, 1.54) is 0 Å². The van der Waals surface area contributed by atoms with Crippen molar-refractivity contribution in [1.29, 1.82) is 0 Å². The Morgan fingerprint density at radius 2 is 2.32 bits per heavy atom. The van der Waals surface area contributed by atoms with Crippen molar-refractivity contribution in [2.45, 2.75) is 6.61 Å². The first kappa shape index (κ1) is 14.7. The molecule has 0 aliphatic heterocycles. The highest BCUT2D eigenvalue weighted by atomic mass is 32.1. The molecular formula is C9H8F2N4O3S. The quantitative estimate of drug-likeness (QED) is 0.367. The van der Waals surface area contributed by atoms with Gasteiger partial charge in [-0.2, -0.15) is 13.9 Å². The van der Waals surface area contributed by atoms with Gasteiger partial charge in [0.05, 0.1) is 11.1 Å². The lowest BCUT2D eigenvalue weighted by atomic mass is 10.2. The third-order valence-corrected chi connectivity index (χ3v) is 1.89. The summed E-state index contributed by atoms with van der Waals surface area (Å²) in [5, 5.41) is 14.0. The predicted octanol–water partition coefficient (Wildman–Crippen LogP) is 1.36. The Balaban J connectivity index is 3.06. The van der Waals surface area contributed by atoms with Gasteiger partial charge in [-0.3, -0.25) is 15.5 Å². The number of nitro benzene ring substituents is 1. The summed E-state index contributed by atoms with van der Waals surface area (Å²) in [7, 11) is 0. The number of benzene rings is 1. The second-order valence-electron chi connectivity index (χ2n) is 3.09. The summed E-state index contributed by atoms with van der Waals surface area (Å²) < 4.78 is 28.5. The molecule has 1 rings (SSSR count). The number of alkyl halides is 2. The van der Waals surface area contributed by atoms with E-state index in [4.69, 9.17) is 5.73 Å². The van der Waals surface area contributed by atoms with Crippen LogP contribution < -0.4 is 15.9 Å². The smallest absolute Gasteiger partial charge is 0.387 e. The van der Waals surface area contributed by atoms with Crippen molar-refractivity contribution >= 4 is 29.2 Å². The van der Waals surface area contributed by atoms with Crippen LogP contribution in [0.1, 0.15) is 5.56 Å². The summed E-state index contributed by atoms with van der Waals surface area (Å²) in [5.41, 5.74) is 6.98. The van der Waals surface area contributed by atoms with E-state index in [0.717, 1.165) is 24.4 Å². The van der Waals surface area contributed by atoms with Gasteiger partial charge < -0.3 is 10.5 Å². The number of nitro groups is 1. The van der Waals surface area contributed by atoms with E-state index < -0.39 is 11.5 Å². The molecule has 102 valence electrons. The summed E-state index contributed by atoms with van der Waals surface area (Å²) >= 11 is 4.47. The topological polar surface area (TPSA) is 103 Å². The first-order chi connectivity index (χ1) is 8.90. The maximum absolute atomic E-state index is 12.2. The van der Waals surface area contributed by atoms with Crippen molar-refractivity contribution in [3.63, 3.8) is 0 Å². The minimum Gasteiger partial charge on any atom is -0.434 e. The number of hydrazone groups is 1. The molecule has 0 saturated carbocycles. The average molecular weight is 290 g/mol. The number of halogens is 2. The summed E-state index contributed by atoms with van der Waals surface area (Å²) in [5.74, 6) is -0.255. The molecule has 1 aromatic carbocycles. The number of nitrogens with one attached hydrogen (secondary N) is 1. The third-order valence-electron chi connectivity index (χ3n) is 1.80. The molecule has 0 heterocycles. The Morgan fingerprint density at radius 3 is 2.84 bits per heavy atom. The van der Waals surface area contributed by atoms with E-state index in [1.54, 1.807) is 0 Å². The van der Waals surface area contributed by atoms with Gasteiger partial charge in [0.25, 0.3) is 5.69 Å². The van der Waals surface area contributed by atoms with Gasteiger partial charge in [-0.1, -0.05) is 0 Å². The zero-order valence-electron chi connectivity index (χ0n) is 9.25. The van der Waals surface area contributed by atoms with Crippen molar-refractivity contribution in [2.75, 3.05) is 0 Å². The standard InChI is InChI=1S/C9H8F2N4O3S/c10-8(11)18-7-2-1-6(15(16)17)3-5(7)4-13-14-9(12)19/h1-4,8H,(H3,12,14,19). The van der Waals surface area contributed by atoms with Crippen LogP contribution in [0, 0.1) is 10.1 Å². The van der Waals surface area contributed by atoms with Crippen LogP contribution in [-0.2, 0) is 0 Å². The lowest BCUT2D eigenvalue weighted by Gasteiger charge is -2.07. The lowest BCUT2D eigenvalue weighted by Crippen LogP contribution is -2.24. The molecule has 0 aliphatic rings. The number of ether oxygens (including phenoxy) is 1. The number of nitrogens with two attached hydrogens (primary N) is 1. The fraction of sp³-hybridized carbons (Fsp3) is 0.111. The molecule has 0 aromatic heterocycles. The van der Waals surface area contributed by atoms with E-state index in [2.05, 4.69) is 27.5 Å². The lowest BCUT2D eigenvalue weighted by molar-refractivity contribution is -0.384. The molecular weight excluding hydrogens is 282 g/mol. The summed E-state index contributed by atoms with van der Waals surface area (Å²) in [6.07, 6.45) is 1.03. The fourth-order valence-electron chi connectivity index (χ4n) is 1.12. The summed E-state index contributed by atoms with van der Waals surface area (Å²) in [6, 6.07) is 3.12. The molecule has 0 fully saturated rings. The molecule has 19 heavy (non-hydrogen) atoms. The van der Waals surface area contributed by atoms with Crippen LogP contribution in [-0.4, -0.2) is 22.9 Å². The monoisotopic (exact) mass is 290 g/mol. The normalized spacial score (nSPS) is 10.7. The van der Waals surface area contributed by atoms with Crippen molar-refractivity contribution in [3.05, 3.63) is 33.9 Å². The zero-order valence-corrected chi connectivity index (χ0v) is 10.1. The van der Waals surface area contributed by atoms with Crippen LogP contribution >= 0.6 is 12.2 Å². The van der Waals surface area contributed by atoms with Gasteiger partial charge in [-0.25, -0.2) is 0 Å². The first-order valence-electron chi connectivity index (χ1n) is 4.72. The van der Waals surface area contributed by atoms with Gasteiger partial charge in [0.15, 0.2) is 5.11 Å². The van der Waals surface area contributed by atoms with E-state index >= 15 is 0 Å². The second kappa shape index (κ2) is 6.54. The molecule has 0 spiro atoms. The van der Waals surface area contributed by atoms with E-state index in [9.17, 15) is 18.9 Å². The maximum Gasteiger partial charge on any atom is 0.387 e. The molecule has 0 bridgehead atoms. The Kier molecular flexibility index (Phi) is 5.06. The molecule has 10 heteroatoms. The summed E-state index contributed by atoms with van der Waals surface area (Å²) in [6.45, 7) is -3.06. The second-order valence-corrected chi connectivity index (χ2v) is 3.53. The Morgan fingerprint density at radius 1 is 1.63 bits per heavy atom. The molecule has 1 aromatic rings. The Labute approximate surface area is 111 Å². The number of thiocarbonyl (C=S) groups is 1. The van der Waals surface area contributed by atoms with Crippen LogP contribution in [0.25, 0.3) is 0 Å². The highest BCUT2D eigenvalue weighted by Gasteiger charge is 2.13. The molecule has 0 aliphatic carbocycles. The summed E-state index contributed by atoms with van der Waals surface area (Å²) in [4.78, 5) is 9.91. The van der Waals surface area contributed by atoms with Gasteiger partial charge in [0.1, 0.15) is 5.75 Å². The van der Waals surface area contributed by atoms with Gasteiger partial charge in [-0.05, 0) is 18.3 Å². The highest BCUT2D eigenvalue weighted by molar-refractivity contribution is 7.80. The third kappa shape index (κ3) is 4.79. The molecule has 7 nitrogen and oxygen atoms in total. The number of non-ortho nitro benzene ring substituents is 1. The number of rotatable bonds is 5. The zero-order chi connectivity index (χ0) is 14.4. The number of nitrogens with zero attached hydrogens (tertiary/aromatic N) is 2. The highest BCUT2D eigenvalue weighted by Crippen LogP contribution is 2.24. The average Bonchev–Trinajstić information content (AvgIpc) is 2.29. The van der Waals surface area contributed by atoms with Crippen LogP contribution in [0.3, 0.4) is 0 Å². The molecule has 0 radical (unpaired) electrons. The Hall–Kier alpha value is -2.36. The predicted molar refractivity (Wildman–Crippen MR) is 67.2 cm³/mol. The SMILES string of the molecule is NC(=S)NN=Cc1cc([N+](=O)[O-])ccc1OC(F)F. The van der Waals surface area contributed by atoms with Crippen molar-refractivity contribution < 1.29 is 18.4 Å². The number of hydrogen-bond acceptors (Lipinski definition) is 5. The van der Waals surface area contributed by atoms with Gasteiger partial charge >= 0.3 is 6.61 Å². The number of hydrogen-bond donors (Lipinski definition) is 2. The van der Waals surface area contributed by atoms with Crippen molar-refractivity contribution in [1.82, 2.24) is 5.43 Å². The minimum atomic E-state index is -3.06. The maximum atomic E-state index is 12.2. The van der Waals surface area contributed by atoms with Gasteiger partial charge in [0, 0.05) is 17.7 Å². The van der Waals surface area contributed by atoms with Crippen LogP contribution in [0.5, 0.6) is 5.75 Å². The first-order valence-corrected chi connectivity index (χ1v) is 5.12. The van der Waals surface area contributed by atoms with Gasteiger partial charge in [-0.15, -0.1) is 0 Å². The van der Waals surface area contributed by atoms with Crippen molar-refractivity contribution in [3.8, 4) is 5.75 Å². The van der Waals surface area contributed by atoms with Crippen LogP contribution in [0.15, 0.2) is 23.3 Å². The largest absolute Gasteiger partial charge is 0.434 e. The Bertz CT molecular complexity index is 524. The van der Waals surface area contributed by atoms with Crippen LogP contribution in [0.4, 0.5) is 14.5 Å². The minimum absolute atomic E-state index is 0.0155. The fourth-order valence-corrected chi connectivity index (χ4v) is 1.17. The molecule has 0 amide bonds. The molecule has 0 atom stereocenters. The van der Waals surface area contributed by atoms with E-state index in [-0.39, 0.29) is 22.1 Å². The van der Waals surface area contributed by atoms with Crippen molar-refractivity contribution in [2.24, 2.45) is 10.8 Å². The van der Waals surface area contributed by atoms with E-state index in [0.29, 0.717) is 0 Å².